The van der Waals surface area contributed by atoms with Gasteiger partial charge in [-0.15, -0.1) is 0 Å². The van der Waals surface area contributed by atoms with Crippen molar-refractivity contribution in [3.63, 3.8) is 0 Å². The number of rotatable bonds is 2. The predicted octanol–water partition coefficient (Wildman–Crippen LogP) is 2.91. The maximum atomic E-state index is 12.0. The van der Waals surface area contributed by atoms with Crippen LogP contribution >= 0.6 is 11.3 Å². The molecule has 0 N–H and O–H groups in total. The number of hydrogen-bond donors (Lipinski definition) is 0. The topological polar surface area (TPSA) is 36.4 Å². The Kier molecular flexibility index (Phi) is 3.85. The van der Waals surface area contributed by atoms with Gasteiger partial charge in [-0.25, -0.2) is 4.98 Å². The van der Waals surface area contributed by atoms with Crippen LogP contribution in [-0.2, 0) is 4.79 Å². The molecule has 1 aliphatic heterocycles. The van der Waals surface area contributed by atoms with E-state index in [4.69, 9.17) is 4.98 Å². The van der Waals surface area contributed by atoms with Crippen molar-refractivity contribution in [2.75, 3.05) is 31.1 Å². The van der Waals surface area contributed by atoms with Gasteiger partial charge in [0.2, 0.25) is 5.91 Å². The molecule has 0 spiro atoms. The predicted molar refractivity (Wildman–Crippen MR) is 88.0 cm³/mol. The molecule has 21 heavy (non-hydrogen) atoms. The zero-order valence-corrected chi connectivity index (χ0v) is 13.6. The number of amides is 1. The fourth-order valence-electron chi connectivity index (χ4n) is 2.69. The number of anilines is 1. The van der Waals surface area contributed by atoms with E-state index in [1.54, 1.807) is 11.3 Å². The number of carbonyl (C=O) groups excluding carboxylic acids is 1. The Hall–Kier alpha value is -1.62. The van der Waals surface area contributed by atoms with Crippen LogP contribution in [0.1, 0.15) is 19.4 Å². The summed E-state index contributed by atoms with van der Waals surface area (Å²) in [5, 5.41) is 1.08. The standard InChI is InChI=1S/C16H21N3OS/c1-11(2)15(20)18-7-9-19(10-8-18)16-17-14-12(3)5-4-6-13(14)21-16/h4-6,11H,7-10H2,1-3H3. The van der Waals surface area contributed by atoms with Crippen molar-refractivity contribution in [2.45, 2.75) is 20.8 Å². The lowest BCUT2D eigenvalue weighted by Crippen LogP contribution is -2.49. The average Bonchev–Trinajstić information content (AvgIpc) is 2.92. The van der Waals surface area contributed by atoms with E-state index >= 15 is 0 Å². The molecule has 0 saturated carbocycles. The van der Waals surface area contributed by atoms with Gasteiger partial charge >= 0.3 is 0 Å². The monoisotopic (exact) mass is 303 g/mol. The smallest absolute Gasteiger partial charge is 0.225 e. The number of hydrogen-bond acceptors (Lipinski definition) is 4. The van der Waals surface area contributed by atoms with E-state index in [2.05, 4.69) is 30.0 Å². The lowest BCUT2D eigenvalue weighted by Gasteiger charge is -2.35. The molecule has 3 rings (SSSR count). The van der Waals surface area contributed by atoms with Crippen LogP contribution in [-0.4, -0.2) is 42.0 Å². The Bertz CT molecular complexity index is 657. The van der Waals surface area contributed by atoms with E-state index in [-0.39, 0.29) is 11.8 Å². The van der Waals surface area contributed by atoms with Crippen molar-refractivity contribution in [1.82, 2.24) is 9.88 Å². The second-order valence-electron chi connectivity index (χ2n) is 5.89. The summed E-state index contributed by atoms with van der Waals surface area (Å²) in [6.45, 7) is 9.37. The number of nitrogens with zero attached hydrogens (tertiary/aromatic N) is 3. The quantitative estimate of drug-likeness (QED) is 0.856. The number of aromatic nitrogens is 1. The first-order valence-corrected chi connectivity index (χ1v) is 8.28. The van der Waals surface area contributed by atoms with Gasteiger partial charge < -0.3 is 9.80 Å². The highest BCUT2D eigenvalue weighted by Crippen LogP contribution is 2.31. The average molecular weight is 303 g/mol. The molecule has 1 amide bonds. The molecular formula is C16H21N3OS. The maximum absolute atomic E-state index is 12.0. The van der Waals surface area contributed by atoms with Crippen LogP contribution in [0.3, 0.4) is 0 Å². The number of fused-ring (bicyclic) bond motifs is 1. The number of benzene rings is 1. The third-order valence-electron chi connectivity index (χ3n) is 3.97. The molecule has 1 fully saturated rings. The SMILES string of the molecule is Cc1cccc2sc(N3CCN(C(=O)C(C)C)CC3)nc12. The van der Waals surface area contributed by atoms with Gasteiger partial charge in [0.15, 0.2) is 5.13 Å². The summed E-state index contributed by atoms with van der Waals surface area (Å²) in [6.07, 6.45) is 0. The number of carbonyl (C=O) groups is 1. The Morgan fingerprint density at radius 2 is 1.95 bits per heavy atom. The van der Waals surface area contributed by atoms with Crippen molar-refractivity contribution >= 4 is 32.6 Å². The molecule has 1 saturated heterocycles. The molecule has 4 nitrogen and oxygen atoms in total. The zero-order chi connectivity index (χ0) is 15.0. The van der Waals surface area contributed by atoms with Crippen molar-refractivity contribution in [2.24, 2.45) is 5.92 Å². The van der Waals surface area contributed by atoms with Crippen LogP contribution in [0.5, 0.6) is 0 Å². The highest BCUT2D eigenvalue weighted by molar-refractivity contribution is 7.22. The van der Waals surface area contributed by atoms with Gasteiger partial charge in [0.05, 0.1) is 10.2 Å². The Balaban J connectivity index is 1.74. The van der Waals surface area contributed by atoms with Crippen molar-refractivity contribution in [3.8, 4) is 0 Å². The first kappa shape index (κ1) is 14.3. The minimum Gasteiger partial charge on any atom is -0.345 e. The van der Waals surface area contributed by atoms with E-state index in [0.29, 0.717) is 0 Å². The Morgan fingerprint density at radius 1 is 1.24 bits per heavy atom. The molecule has 2 heterocycles. The van der Waals surface area contributed by atoms with Gasteiger partial charge in [-0.3, -0.25) is 4.79 Å². The number of thiazole rings is 1. The van der Waals surface area contributed by atoms with Gasteiger partial charge in [0, 0.05) is 32.1 Å². The number of aryl methyl sites for hydroxylation is 1. The molecule has 0 unspecified atom stereocenters. The summed E-state index contributed by atoms with van der Waals surface area (Å²) in [6, 6.07) is 6.31. The zero-order valence-electron chi connectivity index (χ0n) is 12.8. The second-order valence-corrected chi connectivity index (χ2v) is 6.89. The van der Waals surface area contributed by atoms with E-state index < -0.39 is 0 Å². The largest absolute Gasteiger partial charge is 0.345 e. The summed E-state index contributed by atoms with van der Waals surface area (Å²) in [5.41, 5.74) is 2.34. The molecule has 112 valence electrons. The summed E-state index contributed by atoms with van der Waals surface area (Å²) < 4.78 is 1.24. The van der Waals surface area contributed by atoms with Crippen LogP contribution in [0.4, 0.5) is 5.13 Å². The number of para-hydroxylation sites is 1. The molecule has 0 radical (unpaired) electrons. The first-order chi connectivity index (χ1) is 10.1. The summed E-state index contributed by atoms with van der Waals surface area (Å²) >= 11 is 1.75. The van der Waals surface area contributed by atoms with E-state index in [1.165, 1.54) is 10.3 Å². The van der Waals surface area contributed by atoms with Gasteiger partial charge in [0.25, 0.3) is 0 Å². The van der Waals surface area contributed by atoms with Crippen LogP contribution < -0.4 is 4.90 Å². The second kappa shape index (κ2) is 5.64. The molecular weight excluding hydrogens is 282 g/mol. The molecule has 0 aliphatic carbocycles. The summed E-state index contributed by atoms with van der Waals surface area (Å²) in [7, 11) is 0. The van der Waals surface area contributed by atoms with Gasteiger partial charge in [0.1, 0.15) is 0 Å². The Morgan fingerprint density at radius 3 is 2.57 bits per heavy atom. The van der Waals surface area contributed by atoms with Crippen LogP contribution in [0, 0.1) is 12.8 Å². The highest BCUT2D eigenvalue weighted by Gasteiger charge is 2.24. The lowest BCUT2D eigenvalue weighted by atomic mass is 10.1. The highest BCUT2D eigenvalue weighted by atomic mass is 32.1. The van der Waals surface area contributed by atoms with Gasteiger partial charge in [-0.2, -0.15) is 0 Å². The van der Waals surface area contributed by atoms with Crippen molar-refractivity contribution < 1.29 is 4.79 Å². The van der Waals surface area contributed by atoms with Gasteiger partial charge in [-0.1, -0.05) is 37.3 Å². The van der Waals surface area contributed by atoms with Crippen LogP contribution in [0.15, 0.2) is 18.2 Å². The molecule has 1 aromatic heterocycles. The van der Waals surface area contributed by atoms with E-state index in [0.717, 1.165) is 36.8 Å². The van der Waals surface area contributed by atoms with Crippen LogP contribution in [0.2, 0.25) is 0 Å². The maximum Gasteiger partial charge on any atom is 0.225 e. The summed E-state index contributed by atoms with van der Waals surface area (Å²) in [4.78, 5) is 21.1. The van der Waals surface area contributed by atoms with E-state index in [1.807, 2.05) is 18.7 Å². The summed E-state index contributed by atoms with van der Waals surface area (Å²) in [5.74, 6) is 0.344. The molecule has 2 aromatic rings. The molecule has 0 bridgehead atoms. The third-order valence-corrected chi connectivity index (χ3v) is 5.05. The molecule has 0 atom stereocenters. The fourth-order valence-corrected chi connectivity index (χ4v) is 3.79. The third kappa shape index (κ3) is 2.75. The fraction of sp³-hybridized carbons (Fsp3) is 0.500. The molecule has 1 aromatic carbocycles. The molecule has 1 aliphatic rings. The van der Waals surface area contributed by atoms with Crippen molar-refractivity contribution in [1.29, 1.82) is 0 Å². The van der Waals surface area contributed by atoms with Gasteiger partial charge in [-0.05, 0) is 18.6 Å². The van der Waals surface area contributed by atoms with E-state index in [9.17, 15) is 4.79 Å². The van der Waals surface area contributed by atoms with Crippen molar-refractivity contribution in [3.05, 3.63) is 23.8 Å². The minimum atomic E-state index is 0.0849. The first-order valence-electron chi connectivity index (χ1n) is 7.46. The Labute approximate surface area is 129 Å². The van der Waals surface area contributed by atoms with Crippen LogP contribution in [0.25, 0.3) is 10.2 Å². The lowest BCUT2D eigenvalue weighted by molar-refractivity contribution is -0.134. The molecule has 5 heteroatoms. The normalized spacial score (nSPS) is 16.0. The number of piperazine rings is 1. The minimum absolute atomic E-state index is 0.0849.